The molecule has 1 aromatic carbocycles. The lowest BCUT2D eigenvalue weighted by atomic mass is 10.2. The highest BCUT2D eigenvalue weighted by atomic mass is 35.5. The second-order valence-corrected chi connectivity index (χ2v) is 2.37. The van der Waals surface area contributed by atoms with E-state index in [4.69, 9.17) is 16.8 Å². The van der Waals surface area contributed by atoms with E-state index in [9.17, 15) is 8.78 Å². The Hall–Kier alpha value is -1.16. The van der Waals surface area contributed by atoms with Crippen LogP contribution in [0.4, 0.5) is 8.78 Å². The average Bonchev–Trinajstić information content (AvgIpc) is 2.03. The van der Waals surface area contributed by atoms with Crippen molar-refractivity contribution >= 4 is 16.8 Å². The fourth-order valence-corrected chi connectivity index (χ4v) is 0.864. The van der Waals surface area contributed by atoms with Gasteiger partial charge in [-0.2, -0.15) is 0 Å². The number of halogens is 3. The van der Waals surface area contributed by atoms with E-state index < -0.39 is 16.8 Å². The Kier molecular flexibility index (Phi) is 2.60. The van der Waals surface area contributed by atoms with Gasteiger partial charge in [0, 0.05) is 6.07 Å². The van der Waals surface area contributed by atoms with Crippen LogP contribution in [-0.4, -0.2) is 10.4 Å². The van der Waals surface area contributed by atoms with Crippen LogP contribution in [0.5, 0.6) is 0 Å². The summed E-state index contributed by atoms with van der Waals surface area (Å²) in [4.78, 5) is 0. The average molecular weight is 192 g/mol. The molecule has 1 N–H and O–H groups in total. The Morgan fingerprint density at radius 2 is 2.08 bits per heavy atom. The summed E-state index contributed by atoms with van der Waals surface area (Å²) in [5.41, 5.74) is -0.138. The van der Waals surface area contributed by atoms with Gasteiger partial charge >= 0.3 is 0 Å². The normalized spacial score (nSPS) is 11.8. The number of benzene rings is 1. The van der Waals surface area contributed by atoms with Crippen molar-refractivity contribution in [3.8, 4) is 0 Å². The molecule has 64 valence electrons. The van der Waals surface area contributed by atoms with Gasteiger partial charge < -0.3 is 5.21 Å². The van der Waals surface area contributed by atoms with E-state index in [1.807, 2.05) is 0 Å². The van der Waals surface area contributed by atoms with Crippen molar-refractivity contribution in [2.24, 2.45) is 5.16 Å². The quantitative estimate of drug-likeness (QED) is 0.413. The van der Waals surface area contributed by atoms with E-state index in [1.165, 1.54) is 0 Å². The molecular formula is C7H4ClF2NO. The predicted molar refractivity (Wildman–Crippen MR) is 40.5 cm³/mol. The molecule has 0 amide bonds. The minimum Gasteiger partial charge on any atom is -0.410 e. The van der Waals surface area contributed by atoms with Gasteiger partial charge in [0.25, 0.3) is 0 Å². The lowest BCUT2D eigenvalue weighted by molar-refractivity contribution is 0.320. The number of hydrogen-bond acceptors (Lipinski definition) is 2. The fraction of sp³-hybridized carbons (Fsp3) is 0. The number of nitrogens with zero attached hydrogens (tertiary/aromatic N) is 1. The first kappa shape index (κ1) is 8.93. The van der Waals surface area contributed by atoms with Crippen LogP contribution >= 0.6 is 11.6 Å². The second-order valence-electron chi connectivity index (χ2n) is 2.01. The molecule has 2 nitrogen and oxygen atoms in total. The fourth-order valence-electron chi connectivity index (χ4n) is 0.711. The lowest BCUT2D eigenvalue weighted by Gasteiger charge is -1.97. The summed E-state index contributed by atoms with van der Waals surface area (Å²) >= 11 is 5.29. The molecule has 0 bridgehead atoms. The largest absolute Gasteiger partial charge is 0.410 e. The predicted octanol–water partition coefficient (Wildman–Crippen LogP) is 2.34. The SMILES string of the molecule is ON=C(Cl)c1ccc(F)cc1F. The Bertz CT molecular complexity index is 327. The first-order valence-electron chi connectivity index (χ1n) is 2.98. The summed E-state index contributed by atoms with van der Waals surface area (Å²) in [7, 11) is 0. The van der Waals surface area contributed by atoms with Crippen LogP contribution in [0.2, 0.25) is 0 Å². The molecule has 0 saturated carbocycles. The van der Waals surface area contributed by atoms with E-state index >= 15 is 0 Å². The number of oxime groups is 1. The highest BCUT2D eigenvalue weighted by Crippen LogP contribution is 2.12. The zero-order valence-electron chi connectivity index (χ0n) is 5.76. The molecule has 1 aromatic rings. The molecule has 0 aliphatic heterocycles. The summed E-state index contributed by atoms with van der Waals surface area (Å²) in [6, 6.07) is 2.77. The van der Waals surface area contributed by atoms with Gasteiger partial charge in [0.1, 0.15) is 11.6 Å². The third-order valence-corrected chi connectivity index (χ3v) is 1.52. The third kappa shape index (κ3) is 1.71. The number of rotatable bonds is 1. The maximum absolute atomic E-state index is 12.8. The van der Waals surface area contributed by atoms with E-state index in [1.54, 1.807) is 0 Å². The molecule has 0 aliphatic carbocycles. The zero-order valence-corrected chi connectivity index (χ0v) is 6.52. The first-order chi connectivity index (χ1) is 5.65. The Balaban J connectivity index is 3.18. The van der Waals surface area contributed by atoms with Crippen molar-refractivity contribution in [3.05, 3.63) is 35.4 Å². The van der Waals surface area contributed by atoms with Crippen molar-refractivity contribution < 1.29 is 14.0 Å². The molecule has 0 unspecified atom stereocenters. The van der Waals surface area contributed by atoms with Gasteiger partial charge in [-0.25, -0.2) is 8.78 Å². The van der Waals surface area contributed by atoms with Crippen LogP contribution in [0.3, 0.4) is 0 Å². The molecule has 0 spiro atoms. The van der Waals surface area contributed by atoms with Gasteiger partial charge in [0.05, 0.1) is 5.56 Å². The van der Waals surface area contributed by atoms with Crippen molar-refractivity contribution in [2.45, 2.75) is 0 Å². The molecule has 0 aromatic heterocycles. The van der Waals surface area contributed by atoms with Crippen LogP contribution in [0.25, 0.3) is 0 Å². The summed E-state index contributed by atoms with van der Waals surface area (Å²) in [6.45, 7) is 0. The van der Waals surface area contributed by atoms with Crippen LogP contribution in [0, 0.1) is 11.6 Å². The van der Waals surface area contributed by atoms with Gasteiger partial charge in [0.2, 0.25) is 0 Å². The summed E-state index contributed by atoms with van der Waals surface area (Å²) < 4.78 is 25.1. The number of hydrogen-bond donors (Lipinski definition) is 1. The van der Waals surface area contributed by atoms with Gasteiger partial charge in [-0.05, 0) is 12.1 Å². The molecule has 12 heavy (non-hydrogen) atoms. The van der Waals surface area contributed by atoms with Gasteiger partial charge in [-0.1, -0.05) is 16.8 Å². The Morgan fingerprint density at radius 3 is 2.58 bits per heavy atom. The van der Waals surface area contributed by atoms with Crippen molar-refractivity contribution in [1.82, 2.24) is 0 Å². The molecule has 0 radical (unpaired) electrons. The summed E-state index contributed by atoms with van der Waals surface area (Å²) in [5, 5.41) is 10.3. The first-order valence-corrected chi connectivity index (χ1v) is 3.36. The third-order valence-electron chi connectivity index (χ3n) is 1.24. The van der Waals surface area contributed by atoms with Crippen LogP contribution in [0.15, 0.2) is 23.4 Å². The van der Waals surface area contributed by atoms with Crippen molar-refractivity contribution in [1.29, 1.82) is 0 Å². The smallest absolute Gasteiger partial charge is 0.178 e. The van der Waals surface area contributed by atoms with Gasteiger partial charge in [-0.15, -0.1) is 0 Å². The molecule has 0 heterocycles. The summed E-state index contributed by atoms with van der Waals surface area (Å²) in [6.07, 6.45) is 0. The minimum absolute atomic E-state index is 0.138. The highest BCUT2D eigenvalue weighted by Gasteiger charge is 2.07. The molecule has 0 atom stereocenters. The zero-order chi connectivity index (χ0) is 9.14. The van der Waals surface area contributed by atoms with Crippen molar-refractivity contribution in [2.75, 3.05) is 0 Å². The second kappa shape index (κ2) is 3.49. The maximum atomic E-state index is 12.8. The monoisotopic (exact) mass is 191 g/mol. The topological polar surface area (TPSA) is 32.6 Å². The molecule has 0 saturated heterocycles. The molecule has 5 heteroatoms. The van der Waals surface area contributed by atoms with Gasteiger partial charge in [0.15, 0.2) is 5.17 Å². The van der Waals surface area contributed by atoms with E-state index in [0.29, 0.717) is 6.07 Å². The van der Waals surface area contributed by atoms with Gasteiger partial charge in [-0.3, -0.25) is 0 Å². The van der Waals surface area contributed by atoms with Crippen LogP contribution in [-0.2, 0) is 0 Å². The molecule has 1 rings (SSSR count). The Labute approximate surface area is 72.1 Å². The minimum atomic E-state index is -0.863. The summed E-state index contributed by atoms with van der Waals surface area (Å²) in [5.74, 6) is -1.57. The molecule has 0 aliphatic rings. The molecule has 0 fully saturated rings. The van der Waals surface area contributed by atoms with E-state index in [0.717, 1.165) is 12.1 Å². The Morgan fingerprint density at radius 1 is 1.42 bits per heavy atom. The standard InChI is InChI=1S/C7H4ClF2NO/c8-7(11-12)5-2-1-4(9)3-6(5)10/h1-3,12H. The lowest BCUT2D eigenvalue weighted by Crippen LogP contribution is -1.96. The van der Waals surface area contributed by atoms with Crippen molar-refractivity contribution in [3.63, 3.8) is 0 Å². The van der Waals surface area contributed by atoms with Crippen LogP contribution in [0.1, 0.15) is 5.56 Å². The molecular weight excluding hydrogens is 188 g/mol. The van der Waals surface area contributed by atoms with E-state index in [2.05, 4.69) is 5.16 Å². The highest BCUT2D eigenvalue weighted by molar-refractivity contribution is 6.69. The van der Waals surface area contributed by atoms with Crippen LogP contribution < -0.4 is 0 Å². The maximum Gasteiger partial charge on any atom is 0.178 e. The van der Waals surface area contributed by atoms with E-state index in [-0.39, 0.29) is 5.56 Å².